The molecule has 3 aromatic rings. The van der Waals surface area contributed by atoms with Crippen molar-refractivity contribution in [3.05, 3.63) is 71.3 Å². The highest BCUT2D eigenvalue weighted by atomic mass is 16.2. The first kappa shape index (κ1) is 17.0. The number of benzene rings is 3. The van der Waals surface area contributed by atoms with E-state index in [4.69, 9.17) is 0 Å². The summed E-state index contributed by atoms with van der Waals surface area (Å²) in [6, 6.07) is 17.8. The number of fused-ring (bicyclic) bond motifs is 2. The fourth-order valence-corrected chi connectivity index (χ4v) is 3.96. The van der Waals surface area contributed by atoms with Gasteiger partial charge in [-0.05, 0) is 78.3 Å². The number of nitrogens with one attached hydrogen (secondary N) is 2. The molecule has 4 nitrogen and oxygen atoms in total. The molecule has 2 amide bonds. The zero-order valence-corrected chi connectivity index (χ0v) is 15.6. The number of carbonyl (C=O) groups excluding carboxylic acids is 2. The zero-order valence-electron chi connectivity index (χ0n) is 15.6. The molecular weight excluding hydrogens is 348 g/mol. The summed E-state index contributed by atoms with van der Waals surface area (Å²) < 4.78 is 0. The van der Waals surface area contributed by atoms with Crippen LogP contribution in [0.15, 0.2) is 54.6 Å². The van der Waals surface area contributed by atoms with Gasteiger partial charge in [0.15, 0.2) is 0 Å². The number of amides is 2. The smallest absolute Gasteiger partial charge is 0.257 e. The number of rotatable bonds is 4. The fraction of sp³-hybridized carbons (Fsp3) is 0.250. The first-order chi connectivity index (χ1) is 13.7. The Kier molecular flexibility index (Phi) is 4.12. The van der Waals surface area contributed by atoms with Gasteiger partial charge < -0.3 is 10.6 Å². The average molecular weight is 370 g/mol. The number of aryl methyl sites for hydroxylation is 2. The maximum atomic E-state index is 13.1. The Morgan fingerprint density at radius 1 is 0.821 bits per heavy atom. The SMILES string of the molecule is O=C(Nc1ccc2c(c1)CCC2)c1cc2ccccc2cc1NC(=O)C1CC1. The Bertz CT molecular complexity index is 1100. The summed E-state index contributed by atoms with van der Waals surface area (Å²) in [5.74, 6) is -0.115. The van der Waals surface area contributed by atoms with Crippen LogP contribution in [0.5, 0.6) is 0 Å². The highest BCUT2D eigenvalue weighted by Crippen LogP contribution is 2.32. The first-order valence-electron chi connectivity index (χ1n) is 9.94. The molecule has 0 saturated heterocycles. The molecule has 0 spiro atoms. The van der Waals surface area contributed by atoms with E-state index in [1.54, 1.807) is 0 Å². The van der Waals surface area contributed by atoms with Gasteiger partial charge in [0.1, 0.15) is 0 Å². The van der Waals surface area contributed by atoms with Gasteiger partial charge in [-0.3, -0.25) is 9.59 Å². The first-order valence-corrected chi connectivity index (χ1v) is 9.94. The summed E-state index contributed by atoms with van der Waals surface area (Å²) >= 11 is 0. The van der Waals surface area contributed by atoms with E-state index in [1.165, 1.54) is 17.5 Å². The van der Waals surface area contributed by atoms with Crippen LogP contribution in [0.4, 0.5) is 11.4 Å². The van der Waals surface area contributed by atoms with E-state index in [0.717, 1.165) is 42.1 Å². The Hall–Kier alpha value is -3.14. The van der Waals surface area contributed by atoms with Gasteiger partial charge in [-0.25, -0.2) is 0 Å². The summed E-state index contributed by atoms with van der Waals surface area (Å²) in [4.78, 5) is 25.4. The third kappa shape index (κ3) is 3.26. The summed E-state index contributed by atoms with van der Waals surface area (Å²) in [6.07, 6.45) is 5.21. The third-order valence-electron chi connectivity index (χ3n) is 5.69. The van der Waals surface area contributed by atoms with Crippen molar-refractivity contribution in [1.82, 2.24) is 0 Å². The van der Waals surface area contributed by atoms with E-state index >= 15 is 0 Å². The van der Waals surface area contributed by atoms with Gasteiger partial charge in [0.05, 0.1) is 11.3 Å². The van der Waals surface area contributed by atoms with Crippen LogP contribution < -0.4 is 10.6 Å². The van der Waals surface area contributed by atoms with Crippen LogP contribution in [0.1, 0.15) is 40.7 Å². The molecule has 3 aromatic carbocycles. The van der Waals surface area contributed by atoms with Crippen molar-refractivity contribution in [1.29, 1.82) is 0 Å². The van der Waals surface area contributed by atoms with Crippen molar-refractivity contribution < 1.29 is 9.59 Å². The van der Waals surface area contributed by atoms with Crippen molar-refractivity contribution in [2.45, 2.75) is 32.1 Å². The molecule has 0 bridgehead atoms. The Morgan fingerprint density at radius 2 is 1.57 bits per heavy atom. The maximum Gasteiger partial charge on any atom is 0.257 e. The monoisotopic (exact) mass is 370 g/mol. The van der Waals surface area contributed by atoms with Crippen LogP contribution in [0.3, 0.4) is 0 Å². The number of carbonyl (C=O) groups is 2. The lowest BCUT2D eigenvalue weighted by Crippen LogP contribution is -2.19. The van der Waals surface area contributed by atoms with E-state index < -0.39 is 0 Å². The molecule has 1 fully saturated rings. The van der Waals surface area contributed by atoms with E-state index in [2.05, 4.69) is 22.8 Å². The summed E-state index contributed by atoms with van der Waals surface area (Å²) in [5, 5.41) is 7.97. The van der Waals surface area contributed by atoms with Crippen LogP contribution in [0.25, 0.3) is 10.8 Å². The minimum atomic E-state index is -0.199. The number of hydrogen-bond acceptors (Lipinski definition) is 2. The van der Waals surface area contributed by atoms with Crippen LogP contribution in [-0.2, 0) is 17.6 Å². The lowest BCUT2D eigenvalue weighted by molar-refractivity contribution is -0.117. The highest BCUT2D eigenvalue weighted by molar-refractivity contribution is 6.13. The van der Waals surface area contributed by atoms with Crippen LogP contribution in [0, 0.1) is 5.92 Å². The standard InChI is InChI=1S/C24H22N2O2/c27-23(16-8-9-16)26-22-14-19-5-2-1-4-18(19)13-21(22)24(28)25-20-11-10-15-6-3-7-17(15)12-20/h1-2,4-5,10-14,16H,3,6-9H2,(H,25,28)(H,26,27). The van der Waals surface area contributed by atoms with Crippen molar-refractivity contribution in [3.63, 3.8) is 0 Å². The molecule has 1 saturated carbocycles. The second-order valence-corrected chi connectivity index (χ2v) is 7.80. The summed E-state index contributed by atoms with van der Waals surface area (Å²) in [7, 11) is 0. The Labute approximate surface area is 164 Å². The molecular formula is C24H22N2O2. The van der Waals surface area contributed by atoms with Gasteiger partial charge >= 0.3 is 0 Å². The topological polar surface area (TPSA) is 58.2 Å². The lowest BCUT2D eigenvalue weighted by Gasteiger charge is -2.14. The lowest BCUT2D eigenvalue weighted by atomic mass is 10.0. The quantitative estimate of drug-likeness (QED) is 0.684. The molecule has 0 atom stereocenters. The largest absolute Gasteiger partial charge is 0.325 e. The molecule has 2 aliphatic rings. The average Bonchev–Trinajstić information content (AvgIpc) is 3.45. The molecule has 5 rings (SSSR count). The van der Waals surface area contributed by atoms with Gasteiger partial charge in [-0.1, -0.05) is 30.3 Å². The summed E-state index contributed by atoms with van der Waals surface area (Å²) in [6.45, 7) is 0. The third-order valence-corrected chi connectivity index (χ3v) is 5.69. The van der Waals surface area contributed by atoms with Gasteiger partial charge in [0, 0.05) is 11.6 Å². The van der Waals surface area contributed by atoms with Crippen molar-refractivity contribution >= 4 is 34.0 Å². The Balaban J connectivity index is 1.48. The second kappa shape index (κ2) is 6.79. The molecule has 0 aromatic heterocycles. The minimum absolute atomic E-state index is 0.00172. The molecule has 28 heavy (non-hydrogen) atoms. The molecule has 0 unspecified atom stereocenters. The van der Waals surface area contributed by atoms with E-state index in [1.807, 2.05) is 42.5 Å². The van der Waals surface area contributed by atoms with Crippen LogP contribution in [-0.4, -0.2) is 11.8 Å². The van der Waals surface area contributed by atoms with Gasteiger partial charge in [-0.2, -0.15) is 0 Å². The number of hydrogen-bond donors (Lipinski definition) is 2. The molecule has 0 aliphatic heterocycles. The van der Waals surface area contributed by atoms with Gasteiger partial charge in [-0.15, -0.1) is 0 Å². The Morgan fingerprint density at radius 3 is 2.36 bits per heavy atom. The zero-order chi connectivity index (χ0) is 19.1. The van der Waals surface area contributed by atoms with Crippen molar-refractivity contribution in [2.24, 2.45) is 5.92 Å². The molecule has 140 valence electrons. The maximum absolute atomic E-state index is 13.1. The highest BCUT2D eigenvalue weighted by Gasteiger charge is 2.30. The predicted molar refractivity (Wildman–Crippen MR) is 112 cm³/mol. The second-order valence-electron chi connectivity index (χ2n) is 7.80. The molecule has 0 heterocycles. The van der Waals surface area contributed by atoms with Crippen molar-refractivity contribution in [3.8, 4) is 0 Å². The molecule has 2 N–H and O–H groups in total. The normalized spacial score (nSPS) is 15.3. The molecule has 2 aliphatic carbocycles. The predicted octanol–water partition coefficient (Wildman–Crippen LogP) is 4.93. The van der Waals surface area contributed by atoms with Gasteiger partial charge in [0.2, 0.25) is 5.91 Å². The van der Waals surface area contributed by atoms with Crippen LogP contribution >= 0.6 is 0 Å². The fourth-order valence-electron chi connectivity index (χ4n) is 3.96. The van der Waals surface area contributed by atoms with Gasteiger partial charge in [0.25, 0.3) is 5.91 Å². The van der Waals surface area contributed by atoms with Crippen LogP contribution in [0.2, 0.25) is 0 Å². The minimum Gasteiger partial charge on any atom is -0.325 e. The van der Waals surface area contributed by atoms with E-state index in [0.29, 0.717) is 11.3 Å². The molecule has 4 heteroatoms. The van der Waals surface area contributed by atoms with Crippen molar-refractivity contribution in [2.75, 3.05) is 10.6 Å². The molecule has 0 radical (unpaired) electrons. The number of anilines is 2. The van der Waals surface area contributed by atoms with E-state index in [-0.39, 0.29) is 17.7 Å². The van der Waals surface area contributed by atoms with E-state index in [9.17, 15) is 9.59 Å². The summed E-state index contributed by atoms with van der Waals surface area (Å²) in [5.41, 5.74) is 4.57.